The van der Waals surface area contributed by atoms with E-state index in [0.717, 1.165) is 18.7 Å². The van der Waals surface area contributed by atoms with Gasteiger partial charge in [0.05, 0.1) is 5.92 Å². The zero-order valence-electron chi connectivity index (χ0n) is 10.6. The molecule has 1 fully saturated rings. The van der Waals surface area contributed by atoms with E-state index in [9.17, 15) is 9.90 Å². The predicted molar refractivity (Wildman–Crippen MR) is 74.3 cm³/mol. The van der Waals surface area contributed by atoms with Crippen LogP contribution in [0.25, 0.3) is 0 Å². The van der Waals surface area contributed by atoms with Crippen molar-refractivity contribution in [1.82, 2.24) is 4.90 Å². The molecule has 1 saturated heterocycles. The van der Waals surface area contributed by atoms with Crippen molar-refractivity contribution in [1.29, 1.82) is 0 Å². The first-order valence-electron chi connectivity index (χ1n) is 6.30. The van der Waals surface area contributed by atoms with Crippen LogP contribution in [0.3, 0.4) is 0 Å². The summed E-state index contributed by atoms with van der Waals surface area (Å²) in [6, 6.07) is 7.89. The number of carboxylic acids is 1. The molecule has 1 aliphatic rings. The zero-order valence-corrected chi connectivity index (χ0v) is 11.4. The number of rotatable bonds is 5. The van der Waals surface area contributed by atoms with Crippen molar-refractivity contribution in [3.05, 3.63) is 29.8 Å². The predicted octanol–water partition coefficient (Wildman–Crippen LogP) is 2.67. The van der Waals surface area contributed by atoms with E-state index in [1.165, 1.54) is 17.7 Å². The fraction of sp³-hybridized carbons (Fsp3) is 0.500. The number of hydrogen-bond donors (Lipinski definition) is 1. The molecule has 4 heteroatoms. The smallest absolute Gasteiger partial charge is 0.312 e. The van der Waals surface area contributed by atoms with Gasteiger partial charge in [-0.05, 0) is 49.9 Å². The van der Waals surface area contributed by atoms with Gasteiger partial charge in [-0.1, -0.05) is 12.1 Å². The second kappa shape index (κ2) is 6.25. The zero-order chi connectivity index (χ0) is 13.0. The Morgan fingerprint density at radius 1 is 1.33 bits per heavy atom. The SMILES string of the molecule is CSc1ccc(C(CN2CCCC2)C(=O)O)cc1. The minimum atomic E-state index is -0.723. The van der Waals surface area contributed by atoms with E-state index in [2.05, 4.69) is 4.90 Å². The average molecular weight is 265 g/mol. The molecular weight excluding hydrogens is 246 g/mol. The first kappa shape index (κ1) is 13.4. The number of nitrogens with zero attached hydrogens (tertiary/aromatic N) is 1. The van der Waals surface area contributed by atoms with Gasteiger partial charge in [0.25, 0.3) is 0 Å². The third-order valence-corrected chi connectivity index (χ3v) is 4.20. The van der Waals surface area contributed by atoms with Gasteiger partial charge in [-0.2, -0.15) is 0 Å². The van der Waals surface area contributed by atoms with Crippen molar-refractivity contribution in [2.75, 3.05) is 25.9 Å². The fourth-order valence-corrected chi connectivity index (χ4v) is 2.79. The van der Waals surface area contributed by atoms with Gasteiger partial charge in [-0.25, -0.2) is 0 Å². The van der Waals surface area contributed by atoms with Gasteiger partial charge in [0.15, 0.2) is 0 Å². The lowest BCUT2D eigenvalue weighted by Gasteiger charge is -2.20. The monoisotopic (exact) mass is 265 g/mol. The van der Waals surface area contributed by atoms with E-state index in [0.29, 0.717) is 6.54 Å². The molecule has 2 rings (SSSR count). The van der Waals surface area contributed by atoms with Crippen LogP contribution in [0.5, 0.6) is 0 Å². The molecule has 1 aliphatic heterocycles. The molecule has 0 bridgehead atoms. The summed E-state index contributed by atoms with van der Waals surface area (Å²) in [7, 11) is 0. The maximum Gasteiger partial charge on any atom is 0.312 e. The van der Waals surface area contributed by atoms with Gasteiger partial charge < -0.3 is 10.0 Å². The molecule has 1 N–H and O–H groups in total. The molecule has 0 aromatic heterocycles. The van der Waals surface area contributed by atoms with Crippen LogP contribution >= 0.6 is 11.8 Å². The van der Waals surface area contributed by atoms with Crippen molar-refractivity contribution in [2.24, 2.45) is 0 Å². The molecule has 98 valence electrons. The summed E-state index contributed by atoms with van der Waals surface area (Å²) in [5.74, 6) is -1.13. The van der Waals surface area contributed by atoms with E-state index in [1.807, 2.05) is 30.5 Å². The molecule has 0 amide bonds. The normalized spacial score (nSPS) is 17.8. The Morgan fingerprint density at radius 3 is 2.44 bits per heavy atom. The summed E-state index contributed by atoms with van der Waals surface area (Å²) in [4.78, 5) is 14.8. The summed E-state index contributed by atoms with van der Waals surface area (Å²) >= 11 is 1.67. The number of carbonyl (C=O) groups is 1. The highest BCUT2D eigenvalue weighted by Crippen LogP contribution is 2.23. The number of benzene rings is 1. The molecule has 1 heterocycles. The number of carboxylic acid groups (broad SMARTS) is 1. The Bertz CT molecular complexity index is 399. The van der Waals surface area contributed by atoms with Crippen LogP contribution in [0.1, 0.15) is 24.3 Å². The van der Waals surface area contributed by atoms with Gasteiger partial charge in [-0.3, -0.25) is 4.79 Å². The van der Waals surface area contributed by atoms with Gasteiger partial charge in [0, 0.05) is 11.4 Å². The first-order chi connectivity index (χ1) is 8.70. The summed E-state index contributed by atoms with van der Waals surface area (Å²) in [5.41, 5.74) is 0.909. The van der Waals surface area contributed by atoms with Crippen molar-refractivity contribution >= 4 is 17.7 Å². The number of aliphatic carboxylic acids is 1. The Morgan fingerprint density at radius 2 is 1.94 bits per heavy atom. The summed E-state index contributed by atoms with van der Waals surface area (Å²) in [6.07, 6.45) is 4.41. The van der Waals surface area contributed by atoms with Crippen LogP contribution in [0.4, 0.5) is 0 Å². The number of likely N-dealkylation sites (tertiary alicyclic amines) is 1. The third-order valence-electron chi connectivity index (χ3n) is 3.46. The summed E-state index contributed by atoms with van der Waals surface area (Å²) in [5, 5.41) is 9.38. The Balaban J connectivity index is 2.10. The maximum atomic E-state index is 11.4. The van der Waals surface area contributed by atoms with E-state index in [-0.39, 0.29) is 0 Å². The molecule has 0 aliphatic carbocycles. The van der Waals surface area contributed by atoms with Crippen LogP contribution in [0.2, 0.25) is 0 Å². The number of hydrogen-bond acceptors (Lipinski definition) is 3. The molecule has 0 radical (unpaired) electrons. The van der Waals surface area contributed by atoms with Gasteiger partial charge in [0.1, 0.15) is 0 Å². The van der Waals surface area contributed by atoms with Gasteiger partial charge in [0.2, 0.25) is 0 Å². The highest BCUT2D eigenvalue weighted by Gasteiger charge is 2.24. The highest BCUT2D eigenvalue weighted by atomic mass is 32.2. The fourth-order valence-electron chi connectivity index (χ4n) is 2.39. The first-order valence-corrected chi connectivity index (χ1v) is 7.52. The molecule has 3 nitrogen and oxygen atoms in total. The van der Waals surface area contributed by atoms with Crippen molar-refractivity contribution in [2.45, 2.75) is 23.7 Å². The molecule has 1 unspecified atom stereocenters. The second-order valence-corrected chi connectivity index (χ2v) is 5.55. The molecule has 1 aromatic rings. The summed E-state index contributed by atoms with van der Waals surface area (Å²) in [6.45, 7) is 2.70. The van der Waals surface area contributed by atoms with Crippen molar-refractivity contribution < 1.29 is 9.90 Å². The van der Waals surface area contributed by atoms with Crippen LogP contribution < -0.4 is 0 Å². The molecule has 0 saturated carbocycles. The average Bonchev–Trinajstić information content (AvgIpc) is 2.89. The van der Waals surface area contributed by atoms with Crippen LogP contribution in [-0.4, -0.2) is 41.9 Å². The Kier molecular flexibility index (Phi) is 4.66. The lowest BCUT2D eigenvalue weighted by Crippen LogP contribution is -2.29. The van der Waals surface area contributed by atoms with Gasteiger partial charge in [-0.15, -0.1) is 11.8 Å². The second-order valence-electron chi connectivity index (χ2n) is 4.67. The van der Waals surface area contributed by atoms with Gasteiger partial charge >= 0.3 is 5.97 Å². The molecule has 1 atom stereocenters. The lowest BCUT2D eigenvalue weighted by atomic mass is 9.99. The highest BCUT2D eigenvalue weighted by molar-refractivity contribution is 7.98. The molecule has 0 spiro atoms. The van der Waals surface area contributed by atoms with Crippen LogP contribution in [-0.2, 0) is 4.79 Å². The number of thioether (sulfide) groups is 1. The van der Waals surface area contributed by atoms with E-state index >= 15 is 0 Å². The molecular formula is C14H19NO2S. The molecule has 1 aromatic carbocycles. The van der Waals surface area contributed by atoms with Crippen molar-refractivity contribution in [3.8, 4) is 0 Å². The maximum absolute atomic E-state index is 11.4. The topological polar surface area (TPSA) is 40.5 Å². The molecule has 18 heavy (non-hydrogen) atoms. The summed E-state index contributed by atoms with van der Waals surface area (Å²) < 4.78 is 0. The largest absolute Gasteiger partial charge is 0.481 e. The third kappa shape index (κ3) is 3.27. The van der Waals surface area contributed by atoms with E-state index in [1.54, 1.807) is 11.8 Å². The van der Waals surface area contributed by atoms with E-state index < -0.39 is 11.9 Å². The Labute approximate surface area is 112 Å². The minimum absolute atomic E-state index is 0.404. The Hall–Kier alpha value is -1.00. The van der Waals surface area contributed by atoms with Crippen molar-refractivity contribution in [3.63, 3.8) is 0 Å². The standard InChI is InChI=1S/C14H19NO2S/c1-18-12-6-4-11(5-7-12)13(14(16)17)10-15-8-2-3-9-15/h4-7,13H,2-3,8-10H2,1H3,(H,16,17). The quantitative estimate of drug-likeness (QED) is 0.831. The lowest BCUT2D eigenvalue weighted by molar-refractivity contribution is -0.139. The minimum Gasteiger partial charge on any atom is -0.481 e. The van der Waals surface area contributed by atoms with Crippen LogP contribution in [0, 0.1) is 0 Å². The van der Waals surface area contributed by atoms with Crippen LogP contribution in [0.15, 0.2) is 29.2 Å². The van der Waals surface area contributed by atoms with E-state index in [4.69, 9.17) is 0 Å².